The first-order chi connectivity index (χ1) is 9.76. The normalized spacial score (nSPS) is 28.2. The number of hydrogen-bond donors (Lipinski definition) is 1. The summed E-state index contributed by atoms with van der Waals surface area (Å²) in [6, 6.07) is 9.96. The molecule has 0 bridgehead atoms. The summed E-state index contributed by atoms with van der Waals surface area (Å²) in [7, 11) is -0.617. The molecule has 110 valence electrons. The van der Waals surface area contributed by atoms with Gasteiger partial charge in [-0.1, -0.05) is 37.6 Å². The Morgan fingerprint density at radius 3 is 2.50 bits per heavy atom. The molecule has 0 spiro atoms. The zero-order valence-electron chi connectivity index (χ0n) is 12.3. The molecule has 0 aliphatic heterocycles. The Balaban J connectivity index is 1.56. The first-order valence-electron chi connectivity index (χ1n) is 7.96. The van der Waals surface area contributed by atoms with E-state index in [-0.39, 0.29) is 0 Å². The lowest BCUT2D eigenvalue weighted by molar-refractivity contribution is 0.342. The van der Waals surface area contributed by atoms with Gasteiger partial charge in [0, 0.05) is 33.9 Å². The fourth-order valence-electron chi connectivity index (χ4n) is 3.78. The van der Waals surface area contributed by atoms with Crippen molar-refractivity contribution in [2.24, 2.45) is 0 Å². The summed E-state index contributed by atoms with van der Waals surface area (Å²) in [6.07, 6.45) is 7.07. The number of nitrogens with one attached hydrogen (secondary N) is 1. The lowest BCUT2D eigenvalue weighted by atomic mass is 9.94. The molecule has 3 rings (SSSR count). The average molecular weight is 291 g/mol. The molecule has 0 radical (unpaired) electrons. The van der Waals surface area contributed by atoms with E-state index in [0.29, 0.717) is 17.3 Å². The van der Waals surface area contributed by atoms with Gasteiger partial charge in [-0.05, 0) is 43.2 Å². The summed E-state index contributed by atoms with van der Waals surface area (Å²) in [5.41, 5.74) is 3.02. The highest BCUT2D eigenvalue weighted by atomic mass is 32.2. The maximum Gasteiger partial charge on any atom is 0.0362 e. The van der Waals surface area contributed by atoms with Crippen LogP contribution in [0.5, 0.6) is 0 Å². The lowest BCUT2D eigenvalue weighted by Gasteiger charge is -2.31. The van der Waals surface area contributed by atoms with E-state index in [1.54, 1.807) is 0 Å². The molecule has 0 heterocycles. The Morgan fingerprint density at radius 1 is 1.15 bits per heavy atom. The highest BCUT2D eigenvalue weighted by Crippen LogP contribution is 2.26. The molecule has 20 heavy (non-hydrogen) atoms. The summed E-state index contributed by atoms with van der Waals surface area (Å²) < 4.78 is 12.0. The van der Waals surface area contributed by atoms with Gasteiger partial charge in [0.15, 0.2) is 0 Å². The highest BCUT2D eigenvalue weighted by Gasteiger charge is 2.29. The van der Waals surface area contributed by atoms with E-state index >= 15 is 0 Å². The molecular formula is C17H25NOS. The number of benzene rings is 1. The van der Waals surface area contributed by atoms with Gasteiger partial charge in [-0.15, -0.1) is 0 Å². The molecule has 0 amide bonds. The van der Waals surface area contributed by atoms with Gasteiger partial charge >= 0.3 is 0 Å². The van der Waals surface area contributed by atoms with Crippen molar-refractivity contribution in [3.63, 3.8) is 0 Å². The fraction of sp³-hybridized carbons (Fsp3) is 0.647. The molecule has 0 unspecified atom stereocenters. The summed E-state index contributed by atoms with van der Waals surface area (Å²) >= 11 is 0. The molecule has 1 aromatic rings. The minimum Gasteiger partial charge on any atom is -0.311 e. The smallest absolute Gasteiger partial charge is 0.0362 e. The second kappa shape index (κ2) is 6.40. The van der Waals surface area contributed by atoms with Gasteiger partial charge in [0.25, 0.3) is 0 Å². The van der Waals surface area contributed by atoms with Gasteiger partial charge in [-0.25, -0.2) is 0 Å². The zero-order chi connectivity index (χ0) is 13.9. The van der Waals surface area contributed by atoms with E-state index < -0.39 is 10.8 Å². The van der Waals surface area contributed by atoms with Gasteiger partial charge in [0.05, 0.1) is 0 Å². The van der Waals surface area contributed by atoms with Crippen LogP contribution in [0.4, 0.5) is 0 Å². The van der Waals surface area contributed by atoms with E-state index in [1.165, 1.54) is 24.0 Å². The Hall–Kier alpha value is -0.670. The van der Waals surface area contributed by atoms with E-state index in [0.717, 1.165) is 31.4 Å². The van der Waals surface area contributed by atoms with Gasteiger partial charge in [-0.2, -0.15) is 0 Å². The van der Waals surface area contributed by atoms with Gasteiger partial charge in [-0.3, -0.25) is 4.21 Å². The second-order valence-corrected chi connectivity index (χ2v) is 8.20. The van der Waals surface area contributed by atoms with Crippen LogP contribution in [-0.2, 0) is 23.6 Å². The molecule has 1 saturated carbocycles. The Kier molecular flexibility index (Phi) is 4.57. The molecule has 1 fully saturated rings. The molecule has 2 nitrogen and oxygen atoms in total. The summed E-state index contributed by atoms with van der Waals surface area (Å²) in [5, 5.41) is 4.27. The Morgan fingerprint density at radius 2 is 1.85 bits per heavy atom. The third-order valence-corrected chi connectivity index (χ3v) is 6.55. The number of rotatable bonds is 4. The third kappa shape index (κ3) is 3.15. The van der Waals surface area contributed by atoms with E-state index in [9.17, 15) is 4.21 Å². The lowest BCUT2D eigenvalue weighted by Crippen LogP contribution is -2.43. The van der Waals surface area contributed by atoms with Gasteiger partial charge in [0.2, 0.25) is 0 Å². The molecule has 1 aromatic carbocycles. The van der Waals surface area contributed by atoms with Crippen LogP contribution in [0, 0.1) is 0 Å². The van der Waals surface area contributed by atoms with Crippen molar-refractivity contribution >= 4 is 10.8 Å². The van der Waals surface area contributed by atoms with Gasteiger partial charge < -0.3 is 5.32 Å². The SMILES string of the molecule is CC[S@](=O)[C@@H]1CCC[C@@H](NC2Cc3ccccc3C2)C1. The molecule has 2 aliphatic rings. The summed E-state index contributed by atoms with van der Waals surface area (Å²) in [5.74, 6) is 0.812. The fourth-order valence-corrected chi connectivity index (χ4v) is 5.13. The Bertz CT molecular complexity index is 463. The van der Waals surface area contributed by atoms with Crippen molar-refractivity contribution in [2.75, 3.05) is 5.75 Å². The first-order valence-corrected chi connectivity index (χ1v) is 9.34. The highest BCUT2D eigenvalue weighted by molar-refractivity contribution is 7.85. The van der Waals surface area contributed by atoms with Crippen LogP contribution in [0.15, 0.2) is 24.3 Å². The van der Waals surface area contributed by atoms with E-state index in [2.05, 4.69) is 29.6 Å². The Labute approximate surface area is 124 Å². The monoisotopic (exact) mass is 291 g/mol. The van der Waals surface area contributed by atoms with Gasteiger partial charge in [0.1, 0.15) is 0 Å². The number of fused-ring (bicyclic) bond motifs is 1. The van der Waals surface area contributed by atoms with Crippen LogP contribution in [0.3, 0.4) is 0 Å². The molecule has 1 N–H and O–H groups in total. The van der Waals surface area contributed by atoms with Crippen molar-refractivity contribution in [3.8, 4) is 0 Å². The van der Waals surface area contributed by atoms with E-state index in [4.69, 9.17) is 0 Å². The van der Waals surface area contributed by atoms with Crippen molar-refractivity contribution < 1.29 is 4.21 Å². The molecule has 2 aliphatic carbocycles. The van der Waals surface area contributed by atoms with E-state index in [1.807, 2.05) is 6.92 Å². The zero-order valence-corrected chi connectivity index (χ0v) is 13.1. The number of hydrogen-bond acceptors (Lipinski definition) is 2. The molecular weight excluding hydrogens is 266 g/mol. The summed E-state index contributed by atoms with van der Waals surface area (Å²) in [4.78, 5) is 0. The van der Waals surface area contributed by atoms with Crippen LogP contribution in [-0.4, -0.2) is 27.3 Å². The topological polar surface area (TPSA) is 29.1 Å². The van der Waals surface area contributed by atoms with Crippen LogP contribution in [0.2, 0.25) is 0 Å². The molecule has 3 heteroatoms. The minimum absolute atomic E-state index is 0.426. The predicted octanol–water partition coefficient (Wildman–Crippen LogP) is 2.82. The molecule has 3 atom stereocenters. The van der Waals surface area contributed by atoms with Crippen molar-refractivity contribution in [1.82, 2.24) is 5.32 Å². The van der Waals surface area contributed by atoms with Crippen LogP contribution in [0.1, 0.15) is 43.7 Å². The van der Waals surface area contributed by atoms with Crippen LogP contribution < -0.4 is 5.32 Å². The summed E-state index contributed by atoms with van der Waals surface area (Å²) in [6.45, 7) is 2.04. The maximum absolute atomic E-state index is 12.0. The first kappa shape index (κ1) is 14.3. The van der Waals surface area contributed by atoms with Crippen molar-refractivity contribution in [3.05, 3.63) is 35.4 Å². The average Bonchev–Trinajstić information content (AvgIpc) is 2.88. The third-order valence-electron chi connectivity index (χ3n) is 4.80. The largest absolute Gasteiger partial charge is 0.311 e. The van der Waals surface area contributed by atoms with Crippen molar-refractivity contribution in [1.29, 1.82) is 0 Å². The maximum atomic E-state index is 12.0. The van der Waals surface area contributed by atoms with Crippen LogP contribution in [0.25, 0.3) is 0 Å². The quantitative estimate of drug-likeness (QED) is 0.924. The predicted molar refractivity (Wildman–Crippen MR) is 85.5 cm³/mol. The van der Waals surface area contributed by atoms with Crippen LogP contribution >= 0.6 is 0 Å². The second-order valence-electron chi connectivity index (χ2n) is 6.20. The molecule has 0 saturated heterocycles. The van der Waals surface area contributed by atoms with Crippen molar-refractivity contribution in [2.45, 2.75) is 62.8 Å². The standard InChI is InChI=1S/C17H25NOS/c1-2-20(19)17-9-5-8-15(12-17)18-16-10-13-6-3-4-7-14(13)11-16/h3-4,6-7,15-18H,2,5,8-12H2,1H3/t15-,17-,20+/m1/s1. The molecule has 0 aromatic heterocycles. The minimum atomic E-state index is -0.617.